The lowest BCUT2D eigenvalue weighted by Crippen LogP contribution is -2.27. The second kappa shape index (κ2) is 6.52. The third-order valence-electron chi connectivity index (χ3n) is 7.08. The second-order valence-electron chi connectivity index (χ2n) is 8.74. The molecule has 3 aromatic heterocycles. The highest BCUT2D eigenvalue weighted by Crippen LogP contribution is 2.39. The van der Waals surface area contributed by atoms with Crippen LogP contribution in [0.25, 0.3) is 44.4 Å². The molecule has 7 nitrogen and oxygen atoms in total. The van der Waals surface area contributed by atoms with Crippen molar-refractivity contribution in [3.63, 3.8) is 0 Å². The predicted octanol–water partition coefficient (Wildman–Crippen LogP) is 4.89. The Kier molecular flexibility index (Phi) is 3.63. The van der Waals surface area contributed by atoms with Crippen LogP contribution in [0.4, 0.5) is 0 Å². The van der Waals surface area contributed by atoms with Crippen molar-refractivity contribution in [2.24, 2.45) is 0 Å². The predicted molar refractivity (Wildman–Crippen MR) is 118 cm³/mol. The van der Waals surface area contributed by atoms with E-state index in [0.29, 0.717) is 23.9 Å². The molecule has 2 N–H and O–H groups in total. The molecule has 7 rings (SSSR count). The topological polar surface area (TPSA) is 86.6 Å². The van der Waals surface area contributed by atoms with E-state index in [1.54, 1.807) is 0 Å². The lowest BCUT2D eigenvalue weighted by molar-refractivity contribution is 0.220. The first kappa shape index (κ1) is 17.3. The zero-order valence-electron chi connectivity index (χ0n) is 17.0. The molecule has 0 aliphatic carbocycles. The zero-order chi connectivity index (χ0) is 20.4. The molecule has 5 aromatic rings. The fraction of sp³-hybridized carbons (Fsp3) is 0.292. The summed E-state index contributed by atoms with van der Waals surface area (Å²) in [6.45, 7) is 0.749. The molecule has 0 atom stereocenters. The first-order chi connectivity index (χ1) is 15.3. The van der Waals surface area contributed by atoms with Gasteiger partial charge in [-0.2, -0.15) is 5.10 Å². The molecule has 0 amide bonds. The van der Waals surface area contributed by atoms with Crippen molar-refractivity contribution in [1.82, 2.24) is 30.3 Å². The molecule has 2 bridgehead atoms. The SMILES string of the molecule is c1cc(-c2cc(-c3nnc(CN4[C@H]5CC[C@H]4CC5)o3)c3cn[nH]c3c2)c2cc[nH]c2c1. The Balaban J connectivity index is 1.31. The van der Waals surface area contributed by atoms with Crippen molar-refractivity contribution < 1.29 is 4.42 Å². The Labute approximate surface area is 178 Å². The highest BCUT2D eigenvalue weighted by molar-refractivity contribution is 6.01. The number of H-pyrrole nitrogens is 2. The van der Waals surface area contributed by atoms with Crippen LogP contribution in [0.3, 0.4) is 0 Å². The van der Waals surface area contributed by atoms with Gasteiger partial charge < -0.3 is 9.40 Å². The van der Waals surface area contributed by atoms with Crippen LogP contribution in [-0.2, 0) is 6.54 Å². The normalized spacial score (nSPS) is 21.0. The van der Waals surface area contributed by atoms with E-state index in [4.69, 9.17) is 4.42 Å². The first-order valence-electron chi connectivity index (χ1n) is 11.0. The maximum Gasteiger partial charge on any atom is 0.248 e. The minimum Gasteiger partial charge on any atom is -0.419 e. The summed E-state index contributed by atoms with van der Waals surface area (Å²) in [6.07, 6.45) is 9.00. The average Bonchev–Trinajstić information content (AvgIpc) is 3.62. The summed E-state index contributed by atoms with van der Waals surface area (Å²) in [5.41, 5.74) is 5.23. The summed E-state index contributed by atoms with van der Waals surface area (Å²) in [6, 6.07) is 14.0. The number of fused-ring (bicyclic) bond motifs is 4. The summed E-state index contributed by atoms with van der Waals surface area (Å²) in [4.78, 5) is 5.84. The molecule has 7 heteroatoms. The fourth-order valence-corrected chi connectivity index (χ4v) is 5.58. The minimum atomic E-state index is 0.552. The summed E-state index contributed by atoms with van der Waals surface area (Å²) < 4.78 is 6.19. The summed E-state index contributed by atoms with van der Waals surface area (Å²) in [7, 11) is 0. The molecule has 5 heterocycles. The molecular weight excluding hydrogens is 388 g/mol. The number of hydrogen-bond acceptors (Lipinski definition) is 5. The number of aromatic nitrogens is 5. The molecule has 2 aliphatic rings. The van der Waals surface area contributed by atoms with Crippen LogP contribution in [0.2, 0.25) is 0 Å². The van der Waals surface area contributed by atoms with E-state index in [1.807, 2.05) is 12.4 Å². The Morgan fingerprint density at radius 3 is 2.68 bits per heavy atom. The minimum absolute atomic E-state index is 0.552. The molecular formula is C24H22N6O. The number of aromatic amines is 2. The van der Waals surface area contributed by atoms with Crippen molar-refractivity contribution in [3.05, 3.63) is 54.7 Å². The molecule has 2 saturated heterocycles. The number of rotatable bonds is 4. The Bertz CT molecular complexity index is 1390. The van der Waals surface area contributed by atoms with Crippen molar-refractivity contribution >= 4 is 21.8 Å². The lowest BCUT2D eigenvalue weighted by atomic mass is 9.98. The molecule has 0 radical (unpaired) electrons. The second-order valence-corrected chi connectivity index (χ2v) is 8.74. The number of nitrogens with zero attached hydrogens (tertiary/aromatic N) is 4. The third kappa shape index (κ3) is 2.66. The highest BCUT2D eigenvalue weighted by atomic mass is 16.4. The van der Waals surface area contributed by atoms with E-state index in [1.165, 1.54) is 31.1 Å². The molecule has 0 saturated carbocycles. The van der Waals surface area contributed by atoms with Gasteiger partial charge in [0.1, 0.15) is 0 Å². The smallest absolute Gasteiger partial charge is 0.248 e. The number of nitrogens with one attached hydrogen (secondary N) is 2. The summed E-state index contributed by atoms with van der Waals surface area (Å²) in [5, 5.41) is 18.4. The van der Waals surface area contributed by atoms with Crippen LogP contribution < -0.4 is 0 Å². The molecule has 2 aromatic carbocycles. The van der Waals surface area contributed by atoms with Gasteiger partial charge >= 0.3 is 0 Å². The van der Waals surface area contributed by atoms with E-state index in [-0.39, 0.29) is 0 Å². The van der Waals surface area contributed by atoms with Gasteiger partial charge in [0.05, 0.1) is 23.8 Å². The van der Waals surface area contributed by atoms with Gasteiger partial charge in [0, 0.05) is 34.6 Å². The monoisotopic (exact) mass is 410 g/mol. The molecule has 154 valence electrons. The molecule has 31 heavy (non-hydrogen) atoms. The van der Waals surface area contributed by atoms with E-state index < -0.39 is 0 Å². The molecule has 2 aliphatic heterocycles. The van der Waals surface area contributed by atoms with Crippen LogP contribution in [0.1, 0.15) is 31.6 Å². The Morgan fingerprint density at radius 1 is 0.935 bits per heavy atom. The van der Waals surface area contributed by atoms with Gasteiger partial charge in [0.15, 0.2) is 0 Å². The van der Waals surface area contributed by atoms with Gasteiger partial charge in [-0.05, 0) is 61.1 Å². The van der Waals surface area contributed by atoms with Crippen LogP contribution >= 0.6 is 0 Å². The van der Waals surface area contributed by atoms with Crippen LogP contribution in [0.15, 0.2) is 53.2 Å². The molecule has 0 spiro atoms. The van der Waals surface area contributed by atoms with Gasteiger partial charge in [-0.1, -0.05) is 12.1 Å². The van der Waals surface area contributed by atoms with Crippen LogP contribution in [-0.4, -0.2) is 42.4 Å². The standard InChI is InChI=1S/C24H22N6O/c1-2-17(18-8-9-25-21(18)3-1)14-10-19(20-12-26-27-22(20)11-14)24-29-28-23(31-24)13-30-15-4-5-16(30)7-6-15/h1-3,8-12,15-16,25H,4-7,13H2,(H,26,27)/t15-,16-. The largest absolute Gasteiger partial charge is 0.419 e. The Hall–Kier alpha value is -3.45. The van der Waals surface area contributed by atoms with Gasteiger partial charge in [0.25, 0.3) is 0 Å². The molecule has 2 fully saturated rings. The van der Waals surface area contributed by atoms with Crippen molar-refractivity contribution in [2.75, 3.05) is 0 Å². The van der Waals surface area contributed by atoms with E-state index in [9.17, 15) is 0 Å². The van der Waals surface area contributed by atoms with Crippen molar-refractivity contribution in [2.45, 2.75) is 44.3 Å². The van der Waals surface area contributed by atoms with Crippen molar-refractivity contribution in [1.29, 1.82) is 0 Å². The van der Waals surface area contributed by atoms with Gasteiger partial charge in [-0.25, -0.2) is 0 Å². The third-order valence-corrected chi connectivity index (χ3v) is 7.08. The van der Waals surface area contributed by atoms with E-state index in [0.717, 1.165) is 39.7 Å². The van der Waals surface area contributed by atoms with Gasteiger partial charge in [-0.3, -0.25) is 10.00 Å². The summed E-state index contributed by atoms with van der Waals surface area (Å²) >= 11 is 0. The van der Waals surface area contributed by atoms with E-state index in [2.05, 4.69) is 66.7 Å². The number of hydrogen-bond donors (Lipinski definition) is 2. The zero-order valence-corrected chi connectivity index (χ0v) is 17.0. The lowest BCUT2D eigenvalue weighted by Gasteiger charge is -2.18. The quantitative estimate of drug-likeness (QED) is 0.441. The van der Waals surface area contributed by atoms with Gasteiger partial charge in [0.2, 0.25) is 11.8 Å². The summed E-state index contributed by atoms with van der Waals surface area (Å²) in [5.74, 6) is 1.25. The van der Waals surface area contributed by atoms with Crippen LogP contribution in [0, 0.1) is 0 Å². The maximum absolute atomic E-state index is 6.19. The maximum atomic E-state index is 6.19. The fourth-order valence-electron chi connectivity index (χ4n) is 5.58. The van der Waals surface area contributed by atoms with Gasteiger partial charge in [-0.15, -0.1) is 10.2 Å². The van der Waals surface area contributed by atoms with Crippen molar-refractivity contribution in [3.8, 4) is 22.6 Å². The van der Waals surface area contributed by atoms with Crippen LogP contribution in [0.5, 0.6) is 0 Å². The Morgan fingerprint density at radius 2 is 1.81 bits per heavy atom. The number of benzene rings is 2. The highest BCUT2D eigenvalue weighted by Gasteiger charge is 2.39. The average molecular weight is 410 g/mol. The van der Waals surface area contributed by atoms with E-state index >= 15 is 0 Å². The first-order valence-corrected chi connectivity index (χ1v) is 11.0. The molecule has 0 unspecified atom stereocenters.